The van der Waals surface area contributed by atoms with E-state index < -0.39 is 43.4 Å². The second-order valence-corrected chi connectivity index (χ2v) is 4.91. The van der Waals surface area contributed by atoms with Gasteiger partial charge in [-0.15, -0.1) is 4.33 Å². The predicted molar refractivity (Wildman–Crippen MR) is 51.6 cm³/mol. The van der Waals surface area contributed by atoms with Crippen molar-refractivity contribution in [2.45, 2.75) is 11.1 Å². The Morgan fingerprint density at radius 1 is 1.26 bits per heavy atom. The lowest BCUT2D eigenvalue weighted by Crippen LogP contribution is -2.15. The van der Waals surface area contributed by atoms with Gasteiger partial charge in [0, 0.05) is 0 Å². The lowest BCUT2D eigenvalue weighted by atomic mass is 10.2. The highest BCUT2D eigenvalue weighted by atomic mass is 35.5. The number of hydrogen-bond acceptors (Lipinski definition) is 4. The molecule has 0 radical (unpaired) electrons. The Balaban J connectivity index is 3.60. The maximum atomic E-state index is 13.5. The second kappa shape index (κ2) is 5.19. The smallest absolute Gasteiger partial charge is 0.223 e. The van der Waals surface area contributed by atoms with Crippen LogP contribution in [0, 0.1) is 11.6 Å². The molecule has 0 saturated heterocycles. The van der Waals surface area contributed by atoms with Gasteiger partial charge in [0.25, 0.3) is 0 Å². The van der Waals surface area contributed by atoms with E-state index in [-0.39, 0.29) is 6.07 Å². The number of alkyl halides is 3. The van der Waals surface area contributed by atoms with Crippen molar-refractivity contribution in [3.05, 3.63) is 28.3 Å². The van der Waals surface area contributed by atoms with Crippen molar-refractivity contribution in [3.63, 3.8) is 0 Å². The minimum Gasteiger partial charge on any atom is -0.223 e. The third kappa shape index (κ3) is 3.14. The molecule has 1 rings (SSSR count). The minimum atomic E-state index is -5.29. The Morgan fingerprint density at radius 3 is 2.21 bits per heavy atom. The Morgan fingerprint density at radius 2 is 1.79 bits per heavy atom. The summed E-state index contributed by atoms with van der Waals surface area (Å²) in [5.41, 5.74) is -2.11. The summed E-state index contributed by atoms with van der Waals surface area (Å²) in [6, 6.07) is -0.196. The van der Waals surface area contributed by atoms with Crippen molar-refractivity contribution in [1.29, 1.82) is 0 Å². The van der Waals surface area contributed by atoms with Crippen LogP contribution in [0.5, 0.6) is 0 Å². The van der Waals surface area contributed by atoms with E-state index in [2.05, 4.69) is 9.22 Å². The zero-order chi connectivity index (χ0) is 15.0. The molecule has 0 saturated carbocycles. The first-order chi connectivity index (χ1) is 8.52. The molecule has 4 nitrogen and oxygen atoms in total. The van der Waals surface area contributed by atoms with Gasteiger partial charge in [0.05, 0.1) is 12.1 Å². The van der Waals surface area contributed by atoms with Crippen molar-refractivity contribution in [2.24, 2.45) is 0 Å². The van der Waals surface area contributed by atoms with Gasteiger partial charge >= 0.3 is 16.3 Å². The average molecular weight is 327 g/mol. The molecule has 0 aliphatic heterocycles. The summed E-state index contributed by atoms with van der Waals surface area (Å²) < 4.78 is 89.9. The van der Waals surface area contributed by atoms with Crippen molar-refractivity contribution in [1.82, 2.24) is 0 Å². The summed E-state index contributed by atoms with van der Waals surface area (Å²) in [4.78, 5) is 2.24. The Kier molecular flexibility index (Phi) is 4.40. The lowest BCUT2D eigenvalue weighted by Gasteiger charge is -2.12. The molecule has 11 heteroatoms. The molecule has 0 bridgehead atoms. The van der Waals surface area contributed by atoms with E-state index in [9.17, 15) is 30.4 Å². The van der Waals surface area contributed by atoms with Crippen LogP contribution in [0.3, 0.4) is 0 Å². The van der Waals surface area contributed by atoms with Crippen LogP contribution in [-0.2, 0) is 25.5 Å². The molecule has 0 aromatic heterocycles. The maximum absolute atomic E-state index is 13.5. The zero-order valence-electron chi connectivity index (χ0n) is 8.89. The van der Waals surface area contributed by atoms with Gasteiger partial charge < -0.3 is 0 Å². The average Bonchev–Trinajstić information content (AvgIpc) is 2.21. The molecule has 0 unspecified atom stereocenters. The summed E-state index contributed by atoms with van der Waals surface area (Å²) >= 11 is 5.00. The molecule has 0 fully saturated rings. The highest BCUT2D eigenvalue weighted by molar-refractivity contribution is 7.86. The minimum absolute atomic E-state index is 0.196. The Hall–Kier alpha value is -0.970. The van der Waals surface area contributed by atoms with E-state index in [0.29, 0.717) is 0 Å². The largest absolute Gasteiger partial charge is 0.420 e. The molecule has 0 aliphatic rings. The van der Waals surface area contributed by atoms with Gasteiger partial charge in [-0.05, 0) is 6.07 Å². The zero-order valence-corrected chi connectivity index (χ0v) is 10.5. The molecule has 0 amide bonds. The van der Waals surface area contributed by atoms with Crippen LogP contribution in [0.25, 0.3) is 0 Å². The van der Waals surface area contributed by atoms with E-state index in [1.165, 1.54) is 0 Å². The number of benzene rings is 1. The standard InChI is InChI=1S/C8H4ClF5O4S/c1-17-18-19(15,16)4-2-3(10)5(8(12,13)14)6(9)7(4)11/h2H,1H3. The molecule has 0 atom stereocenters. The van der Waals surface area contributed by atoms with Gasteiger partial charge in [0.2, 0.25) is 0 Å². The predicted octanol–water partition coefficient (Wildman–Crippen LogP) is 2.90. The molecule has 0 N–H and O–H groups in total. The fraction of sp³-hybridized carbons (Fsp3) is 0.250. The van der Waals surface area contributed by atoms with E-state index in [1.54, 1.807) is 0 Å². The molecule has 108 valence electrons. The number of rotatable bonds is 3. The molecule has 0 heterocycles. The van der Waals surface area contributed by atoms with Crippen LogP contribution >= 0.6 is 11.6 Å². The summed E-state index contributed by atoms with van der Waals surface area (Å²) in [6.45, 7) is 0. The van der Waals surface area contributed by atoms with Crippen LogP contribution in [0.2, 0.25) is 5.02 Å². The molecule has 1 aromatic rings. The van der Waals surface area contributed by atoms with Gasteiger partial charge in [-0.1, -0.05) is 11.6 Å². The fourth-order valence-corrected chi connectivity index (χ4v) is 2.32. The number of halogens is 6. The SMILES string of the molecule is COOS(=O)(=O)c1cc(F)c(C(F)(F)F)c(Cl)c1F. The molecular formula is C8H4ClF5O4S. The molecule has 0 aliphatic carbocycles. The number of hydrogen-bond donors (Lipinski definition) is 0. The van der Waals surface area contributed by atoms with E-state index in [1.807, 2.05) is 0 Å². The van der Waals surface area contributed by atoms with Gasteiger partial charge in [-0.2, -0.15) is 21.6 Å². The van der Waals surface area contributed by atoms with Crippen LogP contribution in [0.15, 0.2) is 11.0 Å². The summed E-state index contributed by atoms with van der Waals surface area (Å²) in [5.74, 6) is -4.05. The molecule has 19 heavy (non-hydrogen) atoms. The van der Waals surface area contributed by atoms with Crippen molar-refractivity contribution >= 4 is 21.7 Å². The first-order valence-electron chi connectivity index (χ1n) is 4.24. The van der Waals surface area contributed by atoms with E-state index in [4.69, 9.17) is 11.6 Å². The maximum Gasteiger partial charge on any atom is 0.420 e. The second-order valence-electron chi connectivity index (χ2n) is 3.05. The lowest BCUT2D eigenvalue weighted by molar-refractivity contribution is -0.172. The topological polar surface area (TPSA) is 52.6 Å². The van der Waals surface area contributed by atoms with Gasteiger partial charge in [0.15, 0.2) is 5.82 Å². The molecule has 0 spiro atoms. The van der Waals surface area contributed by atoms with Crippen LogP contribution in [0.1, 0.15) is 5.56 Å². The summed E-state index contributed by atoms with van der Waals surface area (Å²) in [6.07, 6.45) is -5.29. The summed E-state index contributed by atoms with van der Waals surface area (Å²) in [5, 5.41) is -1.72. The van der Waals surface area contributed by atoms with E-state index >= 15 is 0 Å². The third-order valence-electron chi connectivity index (χ3n) is 1.84. The third-order valence-corrected chi connectivity index (χ3v) is 3.34. The van der Waals surface area contributed by atoms with Crippen molar-refractivity contribution in [2.75, 3.05) is 7.11 Å². The van der Waals surface area contributed by atoms with Crippen LogP contribution in [-0.4, -0.2) is 15.5 Å². The first-order valence-corrected chi connectivity index (χ1v) is 6.03. The summed E-state index contributed by atoms with van der Waals surface area (Å²) in [7, 11) is -4.19. The normalized spacial score (nSPS) is 12.8. The van der Waals surface area contributed by atoms with Gasteiger partial charge in [-0.25, -0.2) is 13.7 Å². The monoisotopic (exact) mass is 326 g/mol. The first kappa shape index (κ1) is 16.1. The molecular weight excluding hydrogens is 323 g/mol. The van der Waals surface area contributed by atoms with Gasteiger partial charge in [-0.3, -0.25) is 0 Å². The highest BCUT2D eigenvalue weighted by Crippen LogP contribution is 2.40. The fourth-order valence-electron chi connectivity index (χ4n) is 1.14. The van der Waals surface area contributed by atoms with Crippen molar-refractivity contribution in [3.8, 4) is 0 Å². The Labute approximate surface area is 108 Å². The molecule has 1 aromatic carbocycles. The van der Waals surface area contributed by atoms with Crippen molar-refractivity contribution < 1.29 is 39.6 Å². The highest BCUT2D eigenvalue weighted by Gasteiger charge is 2.40. The van der Waals surface area contributed by atoms with Crippen LogP contribution < -0.4 is 0 Å². The van der Waals surface area contributed by atoms with Gasteiger partial charge in [0.1, 0.15) is 16.3 Å². The van der Waals surface area contributed by atoms with Crippen LogP contribution in [0.4, 0.5) is 22.0 Å². The van der Waals surface area contributed by atoms with E-state index in [0.717, 1.165) is 7.11 Å². The Bertz CT molecular complexity index is 598. The quantitative estimate of drug-likeness (QED) is 0.371.